The fourth-order valence-corrected chi connectivity index (χ4v) is 2.48. The largest absolute Gasteiger partial charge is 0.362 e. The van der Waals surface area contributed by atoms with Gasteiger partial charge in [0.2, 0.25) is 0 Å². The van der Waals surface area contributed by atoms with Crippen LogP contribution < -0.4 is 0 Å². The van der Waals surface area contributed by atoms with Gasteiger partial charge in [-0.1, -0.05) is 29.3 Å². The van der Waals surface area contributed by atoms with E-state index >= 15 is 0 Å². The molecule has 1 aliphatic rings. The maximum absolute atomic E-state index is 13.8. The molecule has 0 aromatic heterocycles. The van der Waals surface area contributed by atoms with Crippen molar-refractivity contribution in [2.24, 2.45) is 5.92 Å². The van der Waals surface area contributed by atoms with E-state index in [0.717, 1.165) is 12.8 Å². The summed E-state index contributed by atoms with van der Waals surface area (Å²) in [6, 6.07) is 4.64. The molecule has 1 heterocycles. The summed E-state index contributed by atoms with van der Waals surface area (Å²) in [6.07, 6.45) is 2.34. The number of aliphatic hydroxyl groups is 1. The predicted molar refractivity (Wildman–Crippen MR) is 67.0 cm³/mol. The third-order valence-corrected chi connectivity index (χ3v) is 3.87. The van der Waals surface area contributed by atoms with Gasteiger partial charge in [0.05, 0.1) is 6.61 Å². The van der Waals surface area contributed by atoms with Crippen LogP contribution >= 0.6 is 15.9 Å². The highest BCUT2D eigenvalue weighted by Gasteiger charge is 2.37. The first-order valence-corrected chi connectivity index (χ1v) is 6.66. The lowest BCUT2D eigenvalue weighted by molar-refractivity contribution is -0.247. The molecular weight excluding hydrogens is 287 g/mol. The highest BCUT2D eigenvalue weighted by molar-refractivity contribution is 9.10. The molecule has 0 amide bonds. The van der Waals surface area contributed by atoms with Crippen molar-refractivity contribution in [2.75, 3.05) is 6.61 Å². The summed E-state index contributed by atoms with van der Waals surface area (Å²) in [5, 5.41) is 10.4. The fraction of sp³-hybridized carbons (Fsp3) is 0.538. The lowest BCUT2D eigenvalue weighted by Crippen LogP contribution is -2.37. The Kier molecular flexibility index (Phi) is 3.85. The number of ether oxygens (including phenoxy) is 1. The van der Waals surface area contributed by atoms with Crippen LogP contribution in [0.15, 0.2) is 22.7 Å². The van der Waals surface area contributed by atoms with E-state index in [1.807, 2.05) is 0 Å². The van der Waals surface area contributed by atoms with Crippen molar-refractivity contribution in [3.8, 4) is 0 Å². The molecule has 4 heteroatoms. The van der Waals surface area contributed by atoms with Crippen molar-refractivity contribution in [2.45, 2.75) is 32.0 Å². The minimum atomic E-state index is -1.46. The van der Waals surface area contributed by atoms with Gasteiger partial charge in [-0.2, -0.15) is 0 Å². The summed E-state index contributed by atoms with van der Waals surface area (Å²) in [5.74, 6) is -1.43. The first-order chi connectivity index (χ1) is 8.05. The van der Waals surface area contributed by atoms with Crippen LogP contribution in [-0.4, -0.2) is 11.7 Å². The van der Waals surface area contributed by atoms with Crippen LogP contribution in [0.1, 0.15) is 31.7 Å². The number of hydrogen-bond donors (Lipinski definition) is 1. The van der Waals surface area contributed by atoms with Crippen LogP contribution in [0, 0.1) is 11.7 Å². The molecule has 0 radical (unpaired) electrons. The van der Waals surface area contributed by atoms with Gasteiger partial charge in [0.15, 0.2) is 5.79 Å². The highest BCUT2D eigenvalue weighted by Crippen LogP contribution is 2.37. The Morgan fingerprint density at radius 2 is 2.35 bits per heavy atom. The average Bonchev–Trinajstić information content (AvgIpc) is 2.29. The van der Waals surface area contributed by atoms with Crippen molar-refractivity contribution in [1.82, 2.24) is 0 Å². The van der Waals surface area contributed by atoms with E-state index in [9.17, 15) is 9.50 Å². The van der Waals surface area contributed by atoms with E-state index in [4.69, 9.17) is 4.74 Å². The van der Waals surface area contributed by atoms with Crippen molar-refractivity contribution >= 4 is 15.9 Å². The Morgan fingerprint density at radius 1 is 1.59 bits per heavy atom. The smallest absolute Gasteiger partial charge is 0.195 e. The molecule has 2 unspecified atom stereocenters. The Balaban J connectivity index is 2.21. The normalized spacial score (nSPS) is 29.3. The molecule has 1 aromatic carbocycles. The Labute approximate surface area is 109 Å². The van der Waals surface area contributed by atoms with Gasteiger partial charge in [0, 0.05) is 16.5 Å². The molecule has 1 aromatic rings. The van der Waals surface area contributed by atoms with Crippen LogP contribution in [0.5, 0.6) is 0 Å². The fourth-order valence-electron chi connectivity index (χ4n) is 2.15. The number of benzene rings is 1. The quantitative estimate of drug-likeness (QED) is 0.905. The van der Waals surface area contributed by atoms with Gasteiger partial charge in [-0.25, -0.2) is 4.39 Å². The van der Waals surface area contributed by atoms with E-state index in [1.54, 1.807) is 12.1 Å². The second kappa shape index (κ2) is 5.04. The Bertz CT molecular complexity index is 400. The van der Waals surface area contributed by atoms with Crippen molar-refractivity contribution in [3.05, 3.63) is 34.1 Å². The molecule has 1 aliphatic heterocycles. The molecule has 1 fully saturated rings. The number of hydrogen-bond acceptors (Lipinski definition) is 2. The molecular formula is C13H16BrFO2. The lowest BCUT2D eigenvalue weighted by Gasteiger charge is -2.36. The van der Waals surface area contributed by atoms with Crippen molar-refractivity contribution in [3.63, 3.8) is 0 Å². The zero-order chi connectivity index (χ0) is 12.5. The summed E-state index contributed by atoms with van der Waals surface area (Å²) in [5.41, 5.74) is 0.232. The van der Waals surface area contributed by atoms with Crippen LogP contribution in [0.2, 0.25) is 0 Å². The van der Waals surface area contributed by atoms with Crippen LogP contribution in [0.25, 0.3) is 0 Å². The Morgan fingerprint density at radius 3 is 2.88 bits per heavy atom. The third kappa shape index (κ3) is 2.69. The molecule has 2 rings (SSSR count). The summed E-state index contributed by atoms with van der Waals surface area (Å²) >= 11 is 3.20. The van der Waals surface area contributed by atoms with E-state index < -0.39 is 11.6 Å². The molecule has 0 bridgehead atoms. The number of rotatable bonds is 2. The summed E-state index contributed by atoms with van der Waals surface area (Å²) < 4.78 is 19.9. The average molecular weight is 303 g/mol. The maximum Gasteiger partial charge on any atom is 0.195 e. The molecule has 1 saturated heterocycles. The Hall–Kier alpha value is -0.450. The van der Waals surface area contributed by atoms with E-state index in [-0.39, 0.29) is 5.56 Å². The molecule has 2 nitrogen and oxygen atoms in total. The number of halogens is 2. The van der Waals surface area contributed by atoms with Gasteiger partial charge >= 0.3 is 0 Å². The first kappa shape index (κ1) is 13.0. The minimum Gasteiger partial charge on any atom is -0.362 e. The lowest BCUT2D eigenvalue weighted by atomic mass is 9.90. The van der Waals surface area contributed by atoms with E-state index in [0.29, 0.717) is 23.4 Å². The summed E-state index contributed by atoms with van der Waals surface area (Å²) in [4.78, 5) is 0. The van der Waals surface area contributed by atoms with Crippen LogP contribution in [0.3, 0.4) is 0 Å². The van der Waals surface area contributed by atoms with Crippen molar-refractivity contribution < 1.29 is 14.2 Å². The van der Waals surface area contributed by atoms with Gasteiger partial charge in [-0.3, -0.25) is 0 Å². The topological polar surface area (TPSA) is 29.5 Å². The van der Waals surface area contributed by atoms with E-state index in [1.165, 1.54) is 6.07 Å². The highest BCUT2D eigenvalue weighted by atomic mass is 79.9. The third-order valence-electron chi connectivity index (χ3n) is 3.38. The van der Waals surface area contributed by atoms with E-state index in [2.05, 4.69) is 22.9 Å². The minimum absolute atomic E-state index is 0.232. The molecule has 0 saturated carbocycles. The molecule has 1 N–H and O–H groups in total. The van der Waals surface area contributed by atoms with Gasteiger partial charge in [-0.05, 0) is 30.5 Å². The standard InChI is InChI=1S/C13H16BrFO2/c1-2-9-5-6-13(16,17-8-9)11-4-3-10(14)7-12(11)15/h3-4,7,9,16H,2,5-6,8H2,1H3. The SMILES string of the molecule is CCC1CCC(O)(c2ccc(Br)cc2F)OC1. The molecule has 2 atom stereocenters. The van der Waals surface area contributed by atoms with Crippen LogP contribution in [-0.2, 0) is 10.5 Å². The second-order valence-electron chi connectivity index (χ2n) is 4.53. The summed E-state index contributed by atoms with van der Waals surface area (Å²) in [6.45, 7) is 2.58. The van der Waals surface area contributed by atoms with Gasteiger partial charge in [0.1, 0.15) is 5.82 Å². The van der Waals surface area contributed by atoms with Gasteiger partial charge < -0.3 is 9.84 Å². The maximum atomic E-state index is 13.8. The first-order valence-electron chi connectivity index (χ1n) is 5.87. The molecule has 94 valence electrons. The molecule has 0 spiro atoms. The van der Waals surface area contributed by atoms with Gasteiger partial charge in [-0.15, -0.1) is 0 Å². The monoisotopic (exact) mass is 302 g/mol. The van der Waals surface area contributed by atoms with Crippen LogP contribution in [0.4, 0.5) is 4.39 Å². The molecule has 17 heavy (non-hydrogen) atoms. The van der Waals surface area contributed by atoms with Crippen molar-refractivity contribution in [1.29, 1.82) is 0 Å². The zero-order valence-corrected chi connectivity index (χ0v) is 11.3. The second-order valence-corrected chi connectivity index (χ2v) is 5.45. The predicted octanol–water partition coefficient (Wildman–Crippen LogP) is 3.57. The van der Waals surface area contributed by atoms with Gasteiger partial charge in [0.25, 0.3) is 0 Å². The summed E-state index contributed by atoms with van der Waals surface area (Å²) in [7, 11) is 0. The molecule has 0 aliphatic carbocycles. The zero-order valence-electron chi connectivity index (χ0n) is 9.75.